The fraction of sp³-hybridized carbons (Fsp3) is 0.0714. The SMILES string of the molecule is C=C(C#N)N=CC(=C)c1cc(C#N)ccc1C. The van der Waals surface area contributed by atoms with E-state index >= 15 is 0 Å². The third-order valence-corrected chi connectivity index (χ3v) is 2.22. The second kappa shape index (κ2) is 5.44. The predicted octanol–water partition coefficient (Wildman–Crippen LogP) is 2.99. The zero-order valence-corrected chi connectivity index (χ0v) is 9.57. The van der Waals surface area contributed by atoms with Gasteiger partial charge in [0.25, 0.3) is 0 Å². The van der Waals surface area contributed by atoms with Crippen LogP contribution in [-0.4, -0.2) is 6.21 Å². The van der Waals surface area contributed by atoms with E-state index in [-0.39, 0.29) is 5.70 Å². The zero-order chi connectivity index (χ0) is 12.8. The molecule has 0 aliphatic rings. The van der Waals surface area contributed by atoms with Gasteiger partial charge in [-0.05, 0) is 35.8 Å². The Morgan fingerprint density at radius 2 is 2.06 bits per heavy atom. The summed E-state index contributed by atoms with van der Waals surface area (Å²) in [6.45, 7) is 9.23. The molecule has 0 aliphatic heterocycles. The molecule has 0 N–H and O–H groups in total. The Hall–Kier alpha value is -2.65. The van der Waals surface area contributed by atoms with Gasteiger partial charge in [-0.25, -0.2) is 4.99 Å². The normalized spacial score (nSPS) is 9.59. The van der Waals surface area contributed by atoms with Crippen molar-refractivity contribution < 1.29 is 0 Å². The van der Waals surface area contributed by atoms with Crippen LogP contribution in [0.2, 0.25) is 0 Å². The van der Waals surface area contributed by atoms with Crippen LogP contribution in [0.25, 0.3) is 5.57 Å². The number of allylic oxidation sites excluding steroid dienone is 2. The van der Waals surface area contributed by atoms with E-state index in [1.807, 2.05) is 19.1 Å². The number of benzene rings is 1. The summed E-state index contributed by atoms with van der Waals surface area (Å²) < 4.78 is 0. The van der Waals surface area contributed by atoms with E-state index in [9.17, 15) is 0 Å². The Balaban J connectivity index is 3.06. The minimum Gasteiger partial charge on any atom is -0.246 e. The smallest absolute Gasteiger partial charge is 0.133 e. The van der Waals surface area contributed by atoms with Crippen LogP contribution in [0.3, 0.4) is 0 Å². The van der Waals surface area contributed by atoms with Crippen molar-refractivity contribution in [1.82, 2.24) is 0 Å². The Bertz CT molecular complexity index is 580. The van der Waals surface area contributed by atoms with Gasteiger partial charge in [0.15, 0.2) is 0 Å². The number of aryl methyl sites for hydroxylation is 1. The highest BCUT2D eigenvalue weighted by atomic mass is 14.7. The molecule has 0 spiro atoms. The standard InChI is InChI=1S/C14H11N3/c1-10-4-5-13(8-16)6-14(10)11(2)9-17-12(3)7-15/h4-6,9H,2-3H2,1H3. The number of nitrogens with zero attached hydrogens (tertiary/aromatic N) is 3. The van der Waals surface area contributed by atoms with Crippen molar-refractivity contribution in [2.75, 3.05) is 0 Å². The molecule has 1 aromatic rings. The summed E-state index contributed by atoms with van der Waals surface area (Å²) in [5, 5.41) is 17.3. The first-order valence-electron chi connectivity index (χ1n) is 4.91. The highest BCUT2D eigenvalue weighted by molar-refractivity contribution is 6.09. The third-order valence-electron chi connectivity index (χ3n) is 2.22. The number of nitriles is 2. The lowest BCUT2D eigenvalue weighted by molar-refractivity contribution is 1.39. The van der Waals surface area contributed by atoms with Gasteiger partial charge in [-0.15, -0.1) is 0 Å². The molecular formula is C14H11N3. The fourth-order valence-corrected chi connectivity index (χ4v) is 1.29. The van der Waals surface area contributed by atoms with E-state index in [4.69, 9.17) is 10.5 Å². The first-order valence-corrected chi connectivity index (χ1v) is 4.91. The Labute approximate surface area is 101 Å². The van der Waals surface area contributed by atoms with Gasteiger partial charge in [0, 0.05) is 6.21 Å². The van der Waals surface area contributed by atoms with Crippen LogP contribution < -0.4 is 0 Å². The van der Waals surface area contributed by atoms with Gasteiger partial charge in [0.2, 0.25) is 0 Å². The van der Waals surface area contributed by atoms with E-state index in [2.05, 4.69) is 24.2 Å². The molecule has 82 valence electrons. The van der Waals surface area contributed by atoms with Gasteiger partial charge >= 0.3 is 0 Å². The molecule has 0 bridgehead atoms. The summed E-state index contributed by atoms with van der Waals surface area (Å²) in [4.78, 5) is 3.85. The lowest BCUT2D eigenvalue weighted by Gasteiger charge is -2.05. The molecule has 0 saturated carbocycles. The molecule has 0 aliphatic carbocycles. The lowest BCUT2D eigenvalue weighted by atomic mass is 10.00. The maximum absolute atomic E-state index is 8.82. The minimum absolute atomic E-state index is 0.125. The number of hydrogen-bond donors (Lipinski definition) is 0. The van der Waals surface area contributed by atoms with Crippen LogP contribution in [0, 0.1) is 29.6 Å². The molecule has 0 fully saturated rings. The molecule has 0 saturated heterocycles. The van der Waals surface area contributed by atoms with Crippen molar-refractivity contribution in [3.8, 4) is 12.1 Å². The molecule has 0 atom stereocenters. The fourth-order valence-electron chi connectivity index (χ4n) is 1.29. The second-order valence-corrected chi connectivity index (χ2v) is 3.48. The van der Waals surface area contributed by atoms with Crippen LogP contribution in [0.5, 0.6) is 0 Å². The van der Waals surface area contributed by atoms with Gasteiger partial charge in [-0.3, -0.25) is 0 Å². The Morgan fingerprint density at radius 1 is 1.35 bits per heavy atom. The summed E-state index contributed by atoms with van der Waals surface area (Å²) in [5.41, 5.74) is 3.19. The topological polar surface area (TPSA) is 59.9 Å². The average molecular weight is 221 g/mol. The van der Waals surface area contributed by atoms with Crippen LogP contribution in [0.1, 0.15) is 16.7 Å². The van der Waals surface area contributed by atoms with Crippen molar-refractivity contribution in [1.29, 1.82) is 10.5 Å². The molecule has 0 aromatic heterocycles. The summed E-state index contributed by atoms with van der Waals surface area (Å²) in [7, 11) is 0. The molecule has 3 nitrogen and oxygen atoms in total. The molecule has 17 heavy (non-hydrogen) atoms. The van der Waals surface area contributed by atoms with Crippen molar-refractivity contribution in [3.63, 3.8) is 0 Å². The Morgan fingerprint density at radius 3 is 2.65 bits per heavy atom. The van der Waals surface area contributed by atoms with E-state index < -0.39 is 0 Å². The molecule has 1 aromatic carbocycles. The molecule has 0 heterocycles. The molecule has 3 heteroatoms. The number of aliphatic imine (C=N–C) groups is 1. The van der Waals surface area contributed by atoms with Crippen LogP contribution >= 0.6 is 0 Å². The quantitative estimate of drug-likeness (QED) is 0.582. The predicted molar refractivity (Wildman–Crippen MR) is 68.2 cm³/mol. The van der Waals surface area contributed by atoms with Crippen LogP contribution in [-0.2, 0) is 0 Å². The van der Waals surface area contributed by atoms with Crippen molar-refractivity contribution >= 4 is 11.8 Å². The molecule has 0 radical (unpaired) electrons. The molecule has 0 unspecified atom stereocenters. The van der Waals surface area contributed by atoms with Crippen LogP contribution in [0.15, 0.2) is 42.0 Å². The van der Waals surface area contributed by atoms with Gasteiger partial charge in [0.1, 0.15) is 11.8 Å². The van der Waals surface area contributed by atoms with Gasteiger partial charge in [-0.1, -0.05) is 19.2 Å². The van der Waals surface area contributed by atoms with E-state index in [1.165, 1.54) is 6.21 Å². The largest absolute Gasteiger partial charge is 0.246 e. The van der Waals surface area contributed by atoms with E-state index in [0.717, 1.165) is 11.1 Å². The maximum atomic E-state index is 8.82. The molecule has 1 rings (SSSR count). The van der Waals surface area contributed by atoms with Gasteiger partial charge in [0.05, 0.1) is 11.6 Å². The molecular weight excluding hydrogens is 210 g/mol. The zero-order valence-electron chi connectivity index (χ0n) is 9.57. The maximum Gasteiger partial charge on any atom is 0.133 e. The lowest BCUT2D eigenvalue weighted by Crippen LogP contribution is -1.90. The van der Waals surface area contributed by atoms with Gasteiger partial charge in [-0.2, -0.15) is 10.5 Å². The average Bonchev–Trinajstić information content (AvgIpc) is 2.36. The number of rotatable bonds is 3. The highest BCUT2D eigenvalue weighted by Gasteiger charge is 2.02. The van der Waals surface area contributed by atoms with Crippen molar-refractivity contribution in [2.24, 2.45) is 4.99 Å². The van der Waals surface area contributed by atoms with E-state index in [0.29, 0.717) is 11.1 Å². The van der Waals surface area contributed by atoms with Crippen molar-refractivity contribution in [3.05, 3.63) is 53.7 Å². The summed E-state index contributed by atoms with van der Waals surface area (Å²) in [5.74, 6) is 0. The first-order chi connectivity index (χ1) is 8.08. The third kappa shape index (κ3) is 3.15. The highest BCUT2D eigenvalue weighted by Crippen LogP contribution is 2.17. The minimum atomic E-state index is 0.125. The first kappa shape index (κ1) is 12.4. The second-order valence-electron chi connectivity index (χ2n) is 3.48. The summed E-state index contributed by atoms with van der Waals surface area (Å²) in [6.07, 6.45) is 1.48. The number of hydrogen-bond acceptors (Lipinski definition) is 3. The van der Waals surface area contributed by atoms with Crippen LogP contribution in [0.4, 0.5) is 0 Å². The van der Waals surface area contributed by atoms with Crippen molar-refractivity contribution in [2.45, 2.75) is 6.92 Å². The summed E-state index contributed by atoms with van der Waals surface area (Å²) in [6, 6.07) is 9.24. The molecule has 0 amide bonds. The monoisotopic (exact) mass is 221 g/mol. The van der Waals surface area contributed by atoms with E-state index in [1.54, 1.807) is 12.1 Å². The summed E-state index contributed by atoms with van der Waals surface area (Å²) >= 11 is 0. The Kier molecular flexibility index (Phi) is 3.97. The van der Waals surface area contributed by atoms with Gasteiger partial charge < -0.3 is 0 Å².